The minimum Gasteiger partial charge on any atom is -0.486 e. The molecule has 1 aromatic carbocycles. The largest absolute Gasteiger partial charge is 0.490 e. The zero-order valence-corrected chi connectivity index (χ0v) is 17.8. The maximum absolute atomic E-state index is 12.5. The molecule has 34 heavy (non-hydrogen) atoms. The highest BCUT2D eigenvalue weighted by Crippen LogP contribution is 2.19. The summed E-state index contributed by atoms with van der Waals surface area (Å²) in [6.07, 6.45) is 0.0885. The van der Waals surface area contributed by atoms with Gasteiger partial charge in [-0.3, -0.25) is 9.78 Å². The third-order valence-corrected chi connectivity index (χ3v) is 4.69. The standard InChI is InChI=1S/C20H20N4O3.C2HF3O2/c25-20(14-27-16-5-2-1-3-6-16)23-9-10-24-15-22-18(19(24)12-23)13-26-17-7-4-8-21-11-17;3-2(4,5)1(6)7/h1-8,11,15H,9-10,12-14H2;(H,6,7). The summed E-state index contributed by atoms with van der Waals surface area (Å²) < 4.78 is 45.1. The fourth-order valence-electron chi connectivity index (χ4n) is 2.98. The minimum absolute atomic E-state index is 0.0274. The zero-order chi connectivity index (χ0) is 24.6. The van der Waals surface area contributed by atoms with Crippen LogP contribution in [0.2, 0.25) is 0 Å². The molecule has 1 N–H and O–H groups in total. The fourth-order valence-corrected chi connectivity index (χ4v) is 2.98. The number of aromatic nitrogens is 3. The monoisotopic (exact) mass is 478 g/mol. The predicted molar refractivity (Wildman–Crippen MR) is 112 cm³/mol. The Morgan fingerprint density at radius 2 is 1.74 bits per heavy atom. The molecule has 0 spiro atoms. The van der Waals surface area contributed by atoms with Crippen molar-refractivity contribution >= 4 is 11.9 Å². The Labute approximate surface area is 192 Å². The average Bonchev–Trinajstić information content (AvgIpc) is 3.24. The van der Waals surface area contributed by atoms with E-state index in [1.165, 1.54) is 0 Å². The Morgan fingerprint density at radius 3 is 2.38 bits per heavy atom. The molecule has 0 unspecified atom stereocenters. The molecule has 12 heteroatoms. The van der Waals surface area contributed by atoms with Crippen LogP contribution in [-0.4, -0.2) is 55.7 Å². The van der Waals surface area contributed by atoms with Crippen LogP contribution < -0.4 is 9.47 Å². The molecule has 0 bridgehead atoms. The summed E-state index contributed by atoms with van der Waals surface area (Å²) in [6, 6.07) is 13.0. The van der Waals surface area contributed by atoms with Crippen LogP contribution in [0.1, 0.15) is 11.4 Å². The van der Waals surface area contributed by atoms with Gasteiger partial charge in [0.05, 0.1) is 24.8 Å². The molecule has 3 heterocycles. The highest BCUT2D eigenvalue weighted by molar-refractivity contribution is 5.77. The number of pyridine rings is 1. The highest BCUT2D eigenvalue weighted by atomic mass is 19.4. The first-order valence-corrected chi connectivity index (χ1v) is 10.1. The molecule has 0 aliphatic carbocycles. The second kappa shape index (κ2) is 11.2. The molecule has 1 aliphatic heterocycles. The molecule has 9 nitrogen and oxygen atoms in total. The third kappa shape index (κ3) is 6.95. The van der Waals surface area contributed by atoms with Gasteiger partial charge in [-0.25, -0.2) is 9.78 Å². The number of amides is 1. The lowest BCUT2D eigenvalue weighted by molar-refractivity contribution is -0.192. The Kier molecular flexibility index (Phi) is 8.06. The molecule has 0 atom stereocenters. The van der Waals surface area contributed by atoms with Crippen molar-refractivity contribution in [3.8, 4) is 11.5 Å². The number of benzene rings is 1. The van der Waals surface area contributed by atoms with E-state index < -0.39 is 12.1 Å². The lowest BCUT2D eigenvalue weighted by Crippen LogP contribution is -2.40. The molecule has 0 saturated heterocycles. The maximum atomic E-state index is 12.5. The highest BCUT2D eigenvalue weighted by Gasteiger charge is 2.38. The molecule has 0 radical (unpaired) electrons. The van der Waals surface area contributed by atoms with Crippen molar-refractivity contribution in [3.05, 3.63) is 72.6 Å². The lowest BCUT2D eigenvalue weighted by atomic mass is 10.2. The molecule has 1 aliphatic rings. The van der Waals surface area contributed by atoms with Gasteiger partial charge >= 0.3 is 12.1 Å². The summed E-state index contributed by atoms with van der Waals surface area (Å²) in [5.41, 5.74) is 1.83. The third-order valence-electron chi connectivity index (χ3n) is 4.69. The van der Waals surface area contributed by atoms with Gasteiger partial charge in [-0.05, 0) is 24.3 Å². The van der Waals surface area contributed by atoms with E-state index in [0.29, 0.717) is 37.7 Å². The summed E-state index contributed by atoms with van der Waals surface area (Å²) in [4.78, 5) is 31.7. The molecule has 4 rings (SSSR count). The fraction of sp³-hybridized carbons (Fsp3) is 0.273. The summed E-state index contributed by atoms with van der Waals surface area (Å²) in [5, 5.41) is 7.12. The van der Waals surface area contributed by atoms with E-state index in [1.54, 1.807) is 23.6 Å². The van der Waals surface area contributed by atoms with Crippen LogP contribution >= 0.6 is 0 Å². The number of imidazole rings is 1. The van der Waals surface area contributed by atoms with E-state index in [2.05, 4.69) is 14.5 Å². The van der Waals surface area contributed by atoms with Crippen molar-refractivity contribution in [2.24, 2.45) is 0 Å². The van der Waals surface area contributed by atoms with Crippen molar-refractivity contribution in [1.29, 1.82) is 0 Å². The molecule has 2 aromatic heterocycles. The second-order valence-electron chi connectivity index (χ2n) is 7.03. The Bertz CT molecular complexity index is 1090. The van der Waals surface area contributed by atoms with Gasteiger partial charge in [0.15, 0.2) is 6.61 Å². The van der Waals surface area contributed by atoms with E-state index in [1.807, 2.05) is 42.5 Å². The van der Waals surface area contributed by atoms with Gasteiger partial charge < -0.3 is 24.0 Å². The number of para-hydroxylation sites is 1. The van der Waals surface area contributed by atoms with Gasteiger partial charge in [0.2, 0.25) is 0 Å². The molecular weight excluding hydrogens is 457 g/mol. The van der Waals surface area contributed by atoms with E-state index in [0.717, 1.165) is 11.4 Å². The Morgan fingerprint density at radius 1 is 1.03 bits per heavy atom. The van der Waals surface area contributed by atoms with Crippen molar-refractivity contribution in [1.82, 2.24) is 19.4 Å². The Balaban J connectivity index is 0.000000406. The van der Waals surface area contributed by atoms with Crippen LogP contribution in [0, 0.1) is 0 Å². The topological polar surface area (TPSA) is 107 Å². The number of halogens is 3. The first-order chi connectivity index (χ1) is 16.2. The molecule has 0 saturated carbocycles. The SMILES string of the molecule is O=C(COc1ccccc1)N1CCn2cnc(COc3cccnc3)c2C1.O=C(O)C(F)(F)F. The number of carboxylic acid groups (broad SMARTS) is 1. The van der Waals surface area contributed by atoms with Gasteiger partial charge in [0.25, 0.3) is 5.91 Å². The molecular formula is C22H21F3N4O5. The Hall–Kier alpha value is -4.09. The number of rotatable bonds is 6. The number of hydrogen-bond donors (Lipinski definition) is 1. The number of aliphatic carboxylic acids is 1. The molecule has 1 amide bonds. The predicted octanol–water partition coefficient (Wildman–Crippen LogP) is 2.91. The van der Waals surface area contributed by atoms with E-state index in [-0.39, 0.29) is 12.5 Å². The van der Waals surface area contributed by atoms with Crippen LogP contribution in [0.4, 0.5) is 13.2 Å². The van der Waals surface area contributed by atoms with Crippen LogP contribution in [0.25, 0.3) is 0 Å². The lowest BCUT2D eigenvalue weighted by Gasteiger charge is -2.28. The van der Waals surface area contributed by atoms with E-state index in [4.69, 9.17) is 19.4 Å². The summed E-state index contributed by atoms with van der Waals surface area (Å²) in [5.74, 6) is -1.41. The van der Waals surface area contributed by atoms with Crippen LogP contribution in [-0.2, 0) is 29.3 Å². The summed E-state index contributed by atoms with van der Waals surface area (Å²) in [7, 11) is 0. The average molecular weight is 478 g/mol. The van der Waals surface area contributed by atoms with Crippen LogP contribution in [0.15, 0.2) is 61.2 Å². The first-order valence-electron chi connectivity index (χ1n) is 10.1. The molecule has 3 aromatic rings. The normalized spacial score (nSPS) is 12.7. The van der Waals surface area contributed by atoms with Crippen LogP contribution in [0.3, 0.4) is 0 Å². The quantitative estimate of drug-likeness (QED) is 0.581. The van der Waals surface area contributed by atoms with Gasteiger partial charge in [-0.1, -0.05) is 18.2 Å². The summed E-state index contributed by atoms with van der Waals surface area (Å²) in [6.45, 7) is 2.23. The number of fused-ring (bicyclic) bond motifs is 1. The first kappa shape index (κ1) is 24.6. The van der Waals surface area contributed by atoms with Gasteiger partial charge in [0, 0.05) is 19.3 Å². The molecule has 0 fully saturated rings. The van der Waals surface area contributed by atoms with Crippen molar-refractivity contribution < 1.29 is 37.3 Å². The van der Waals surface area contributed by atoms with Crippen LogP contribution in [0.5, 0.6) is 11.5 Å². The number of carboxylic acids is 1. The smallest absolute Gasteiger partial charge is 0.486 e. The van der Waals surface area contributed by atoms with Crippen molar-refractivity contribution in [2.75, 3.05) is 13.2 Å². The number of nitrogens with zero attached hydrogens (tertiary/aromatic N) is 4. The van der Waals surface area contributed by atoms with Gasteiger partial charge in [0.1, 0.15) is 23.8 Å². The number of hydrogen-bond acceptors (Lipinski definition) is 6. The van der Waals surface area contributed by atoms with Gasteiger partial charge in [-0.15, -0.1) is 0 Å². The maximum Gasteiger partial charge on any atom is 0.490 e. The number of ether oxygens (including phenoxy) is 2. The van der Waals surface area contributed by atoms with E-state index >= 15 is 0 Å². The van der Waals surface area contributed by atoms with Crippen molar-refractivity contribution in [3.63, 3.8) is 0 Å². The number of alkyl halides is 3. The zero-order valence-electron chi connectivity index (χ0n) is 17.8. The number of carbonyl (C=O) groups is 2. The number of carbonyl (C=O) groups excluding carboxylic acids is 1. The summed E-state index contributed by atoms with van der Waals surface area (Å²) >= 11 is 0. The second-order valence-corrected chi connectivity index (χ2v) is 7.03. The van der Waals surface area contributed by atoms with E-state index in [9.17, 15) is 18.0 Å². The minimum atomic E-state index is -5.08. The van der Waals surface area contributed by atoms with Gasteiger partial charge in [-0.2, -0.15) is 13.2 Å². The molecule has 180 valence electrons. The van der Waals surface area contributed by atoms with Crippen molar-refractivity contribution in [2.45, 2.75) is 25.9 Å².